The van der Waals surface area contributed by atoms with Gasteiger partial charge in [-0.15, -0.1) is 0 Å². The maximum absolute atomic E-state index is 14.5. The first kappa shape index (κ1) is 55.2. The van der Waals surface area contributed by atoms with Gasteiger partial charge in [0, 0.05) is 38.6 Å². The van der Waals surface area contributed by atoms with Gasteiger partial charge >= 0.3 is 5.97 Å². The number of esters is 1. The molecular formula is C45H74O22. The summed E-state index contributed by atoms with van der Waals surface area (Å²) >= 11 is 0. The molecule has 20 atom stereocenters. The molecule has 5 fully saturated rings. The van der Waals surface area contributed by atoms with Gasteiger partial charge in [0.05, 0.1) is 24.2 Å². The number of hydrogen-bond acceptors (Lipinski definition) is 22. The van der Waals surface area contributed by atoms with Crippen molar-refractivity contribution >= 4 is 5.97 Å². The van der Waals surface area contributed by atoms with Crippen molar-refractivity contribution in [3.63, 3.8) is 0 Å². The van der Waals surface area contributed by atoms with E-state index in [2.05, 4.69) is 20.4 Å². The molecule has 16 N–H and O–H groups in total. The quantitative estimate of drug-likeness (QED) is 0.0301. The number of carbonyl (C=O) groups is 1. The van der Waals surface area contributed by atoms with Gasteiger partial charge in [-0.1, -0.05) is 26.8 Å². The lowest BCUT2D eigenvalue weighted by Gasteiger charge is -2.62. The van der Waals surface area contributed by atoms with Gasteiger partial charge in [0.1, 0.15) is 54.9 Å². The maximum atomic E-state index is 14.5. The van der Waals surface area contributed by atoms with E-state index >= 15 is 0 Å². The fourth-order valence-electron chi connectivity index (χ4n) is 11.8. The summed E-state index contributed by atoms with van der Waals surface area (Å²) in [5.41, 5.74) is -1.61. The van der Waals surface area contributed by atoms with Crippen molar-refractivity contribution in [3.8, 4) is 0 Å². The Morgan fingerprint density at radius 2 is 1.36 bits per heavy atom. The van der Waals surface area contributed by atoms with Crippen molar-refractivity contribution in [2.45, 2.75) is 177 Å². The van der Waals surface area contributed by atoms with Crippen LogP contribution in [0.1, 0.15) is 91.4 Å². The van der Waals surface area contributed by atoms with Crippen LogP contribution in [0, 0.1) is 34.0 Å². The van der Waals surface area contributed by atoms with Crippen LogP contribution in [0.15, 0.2) is 35.2 Å². The van der Waals surface area contributed by atoms with Crippen molar-refractivity contribution < 1.29 is 110 Å². The fraction of sp³-hybridized carbons (Fsp3) is 0.844. The second-order valence-corrected chi connectivity index (χ2v) is 19.9. The minimum Gasteiger partial charge on any atom is -0.506 e. The predicted octanol–water partition coefficient (Wildman–Crippen LogP) is -2.16. The molecule has 5 aliphatic rings. The van der Waals surface area contributed by atoms with E-state index in [-0.39, 0.29) is 24.7 Å². The summed E-state index contributed by atoms with van der Waals surface area (Å²) < 4.78 is 28.3. The molecule has 386 valence electrons. The van der Waals surface area contributed by atoms with Gasteiger partial charge < -0.3 is 105 Å². The lowest BCUT2D eigenvalue weighted by molar-refractivity contribution is -0.295. The first-order valence-electron chi connectivity index (χ1n) is 23.1. The Morgan fingerprint density at radius 1 is 0.716 bits per heavy atom. The zero-order valence-corrected chi connectivity index (χ0v) is 38.2. The summed E-state index contributed by atoms with van der Waals surface area (Å²) in [6.07, 6.45) is -21.6. The van der Waals surface area contributed by atoms with E-state index < -0.39 is 176 Å². The molecule has 67 heavy (non-hydrogen) atoms. The molecule has 0 aromatic heterocycles. The van der Waals surface area contributed by atoms with Crippen LogP contribution in [0.5, 0.6) is 0 Å². The molecule has 0 spiro atoms. The molecule has 0 bridgehead atoms. The minimum atomic E-state index is -2.35. The summed E-state index contributed by atoms with van der Waals surface area (Å²) in [5.74, 6) is -5.98. The van der Waals surface area contributed by atoms with Gasteiger partial charge in [-0.3, -0.25) is 4.79 Å². The average molecular weight is 967 g/mol. The van der Waals surface area contributed by atoms with Gasteiger partial charge in [-0.25, -0.2) is 0 Å². The second-order valence-electron chi connectivity index (χ2n) is 19.9. The van der Waals surface area contributed by atoms with Crippen LogP contribution in [0.3, 0.4) is 0 Å². The normalized spacial score (nSPS) is 41.8. The molecule has 0 aromatic rings. The number of aliphatic hydroxyl groups excluding tert-OH is 16. The van der Waals surface area contributed by atoms with E-state index in [1.54, 1.807) is 6.92 Å². The van der Waals surface area contributed by atoms with Gasteiger partial charge in [0.2, 0.25) is 18.3 Å². The molecule has 16 unspecified atom stereocenters. The molecule has 1 aliphatic heterocycles. The van der Waals surface area contributed by atoms with Crippen molar-refractivity contribution in [1.29, 1.82) is 0 Å². The van der Waals surface area contributed by atoms with E-state index in [0.717, 1.165) is 0 Å². The smallest absolute Gasteiger partial charge is 0.314 e. The number of fused-ring (bicyclic) bond motifs is 3. The Balaban J connectivity index is 1.35. The highest BCUT2D eigenvalue weighted by atomic mass is 16.7. The zero-order chi connectivity index (χ0) is 49.9. The Bertz CT molecular complexity index is 1740. The van der Waals surface area contributed by atoms with Crippen molar-refractivity contribution in [2.75, 3.05) is 26.4 Å². The third kappa shape index (κ3) is 11.2. The summed E-state index contributed by atoms with van der Waals surface area (Å²) in [4.78, 5) is 14.5. The SMILES string of the molecule is C=C1C[C@@]2(C)CCC3[C@](C)(C(=O)OC(O)/C(OC4CC(CO)C(O)C(O)C4O)=C(/O)C(O)CCO)CCC[C@@]3(C)[C@@H]2CCC1OC(O)/C(O)=C(\OC1OC(CO)C(O)C(O)C1O)C(O)CCO. The standard InChI is InChI=1S/C45H74O22/c1-20-17-43(2)13-8-28-44(3,27(43)7-6-24(20)64-39(60)36(59)37(23(51)10-15-47)66-41-35(58)34(57)32(55)26(19-49)65-41)11-5-12-45(28,4)42(62)67-40(61)38(30(53)22(50)9-14-46)63-25-16-21(18-48)29(52)33(56)31(25)54/h21-29,31-35,39-41,46-61H,1,5-19H2,2-4H3/b37-36+,38-30-/t21?,22?,23?,24?,25?,26?,27-,28?,29?,31?,32?,33?,34?,35?,39?,40?,41?,43-,44+,45-/m1/s1. The molecule has 22 heteroatoms. The Morgan fingerprint density at radius 3 is 1.99 bits per heavy atom. The summed E-state index contributed by atoms with van der Waals surface area (Å²) in [6.45, 7) is 7.59. The Kier molecular flexibility index (Phi) is 18.6. The van der Waals surface area contributed by atoms with Crippen LogP contribution in [-0.4, -0.2) is 200 Å². The van der Waals surface area contributed by atoms with E-state index in [9.17, 15) is 86.5 Å². The number of aliphatic hydroxyl groups is 16. The van der Waals surface area contributed by atoms with Crippen molar-refractivity contribution in [1.82, 2.24) is 0 Å². The first-order chi connectivity index (χ1) is 31.4. The third-order valence-corrected chi connectivity index (χ3v) is 15.5. The molecule has 0 radical (unpaired) electrons. The van der Waals surface area contributed by atoms with Gasteiger partial charge in [-0.05, 0) is 86.5 Å². The van der Waals surface area contributed by atoms with Gasteiger partial charge in [0.25, 0.3) is 6.29 Å². The third-order valence-electron chi connectivity index (χ3n) is 15.5. The van der Waals surface area contributed by atoms with E-state index in [1.807, 2.05) is 0 Å². The lowest BCUT2D eigenvalue weighted by Crippen LogP contribution is -2.59. The van der Waals surface area contributed by atoms with Crippen LogP contribution in [0.25, 0.3) is 0 Å². The van der Waals surface area contributed by atoms with Crippen molar-refractivity contribution in [3.05, 3.63) is 35.2 Å². The molecule has 5 rings (SSSR count). The first-order valence-corrected chi connectivity index (χ1v) is 23.1. The monoisotopic (exact) mass is 966 g/mol. The van der Waals surface area contributed by atoms with Crippen LogP contribution in [0.2, 0.25) is 0 Å². The highest BCUT2D eigenvalue weighted by Crippen LogP contribution is 2.67. The molecule has 4 saturated carbocycles. The highest BCUT2D eigenvalue weighted by Gasteiger charge is 2.63. The highest BCUT2D eigenvalue weighted by molar-refractivity contribution is 5.77. The van der Waals surface area contributed by atoms with Crippen LogP contribution >= 0.6 is 0 Å². The molecule has 0 amide bonds. The van der Waals surface area contributed by atoms with E-state index in [0.29, 0.717) is 50.5 Å². The van der Waals surface area contributed by atoms with Crippen LogP contribution < -0.4 is 0 Å². The van der Waals surface area contributed by atoms with Gasteiger partial charge in [0.15, 0.2) is 17.3 Å². The topological polar surface area (TPSA) is 387 Å². The number of carbonyl (C=O) groups excluding carboxylic acids is 1. The van der Waals surface area contributed by atoms with Gasteiger partial charge in [-0.2, -0.15) is 0 Å². The molecule has 4 aliphatic carbocycles. The average Bonchev–Trinajstić information content (AvgIpc) is 3.41. The molecular weight excluding hydrogens is 892 g/mol. The van der Waals surface area contributed by atoms with E-state index in [4.69, 9.17) is 23.7 Å². The predicted molar refractivity (Wildman–Crippen MR) is 228 cm³/mol. The van der Waals surface area contributed by atoms with Crippen LogP contribution in [-0.2, 0) is 28.5 Å². The summed E-state index contributed by atoms with van der Waals surface area (Å²) in [7, 11) is 0. The summed E-state index contributed by atoms with van der Waals surface area (Å²) in [5, 5.41) is 167. The molecule has 1 heterocycles. The lowest BCUT2D eigenvalue weighted by atomic mass is 9.42. The minimum absolute atomic E-state index is 0.0929. The van der Waals surface area contributed by atoms with Crippen molar-refractivity contribution in [2.24, 2.45) is 34.0 Å². The molecule has 22 nitrogen and oxygen atoms in total. The number of ether oxygens (including phenoxy) is 5. The molecule has 0 aromatic carbocycles. The number of rotatable bonds is 18. The number of hydrogen-bond donors (Lipinski definition) is 16. The maximum Gasteiger partial charge on any atom is 0.314 e. The Hall–Kier alpha value is -2.75. The fourth-order valence-corrected chi connectivity index (χ4v) is 11.8. The molecule has 1 saturated heterocycles. The zero-order valence-electron chi connectivity index (χ0n) is 38.2. The van der Waals surface area contributed by atoms with E-state index in [1.165, 1.54) is 0 Å². The summed E-state index contributed by atoms with van der Waals surface area (Å²) in [6, 6.07) is 0. The van der Waals surface area contributed by atoms with Crippen LogP contribution in [0.4, 0.5) is 0 Å². The Labute approximate surface area is 388 Å². The largest absolute Gasteiger partial charge is 0.506 e. The second kappa shape index (κ2) is 22.6.